The van der Waals surface area contributed by atoms with Gasteiger partial charge in [0.15, 0.2) is 11.4 Å². The van der Waals surface area contributed by atoms with Gasteiger partial charge in [0.1, 0.15) is 17.4 Å². The van der Waals surface area contributed by atoms with Crippen LogP contribution in [0.2, 0.25) is 0 Å². The van der Waals surface area contributed by atoms with Gasteiger partial charge in [-0.1, -0.05) is 37.3 Å². The highest BCUT2D eigenvalue weighted by Crippen LogP contribution is 2.56. The smallest absolute Gasteiger partial charge is 0.251 e. The molecule has 0 aromatic heterocycles. The summed E-state index contributed by atoms with van der Waals surface area (Å²) in [6, 6.07) is 10.3. The predicted octanol–water partition coefficient (Wildman–Crippen LogP) is -0.409. The number of carbonyl (C=O) groups is 4. The van der Waals surface area contributed by atoms with Gasteiger partial charge in [0.25, 0.3) is 5.91 Å². The lowest BCUT2D eigenvalue weighted by Gasteiger charge is -2.56. The van der Waals surface area contributed by atoms with Crippen molar-refractivity contribution in [3.63, 3.8) is 0 Å². The predicted molar refractivity (Wildman–Crippen MR) is 148 cm³/mol. The number of Topliss-reactive ketones (excluding diaryl/α,β-unsaturated/α-hetero) is 2. The number of ketones is 2. The van der Waals surface area contributed by atoms with Gasteiger partial charge in [-0.25, -0.2) is 0 Å². The molecule has 12 heteroatoms. The number of fused-ring (bicyclic) bond motifs is 3. The van der Waals surface area contributed by atoms with Gasteiger partial charge >= 0.3 is 0 Å². The lowest BCUT2D eigenvalue weighted by atomic mass is 9.51. The third kappa shape index (κ3) is 4.05. The maximum Gasteiger partial charge on any atom is 0.251 e. The zero-order chi connectivity index (χ0) is 30.8. The molecule has 0 aliphatic heterocycles. The van der Waals surface area contributed by atoms with Crippen molar-refractivity contribution < 1.29 is 44.7 Å². The first-order valence-corrected chi connectivity index (χ1v) is 13.5. The molecule has 0 spiro atoms. The number of phenols is 1. The van der Waals surface area contributed by atoms with Gasteiger partial charge in [-0.15, -0.1) is 0 Å². The average Bonchev–Trinajstić information content (AvgIpc) is 2.94. The molecule has 0 bridgehead atoms. The highest BCUT2D eigenvalue weighted by atomic mass is 16.3. The summed E-state index contributed by atoms with van der Waals surface area (Å²) in [5, 5.41) is 59.8. The molecule has 222 valence electrons. The lowest BCUT2D eigenvalue weighted by molar-refractivity contribution is -0.199. The number of nitrogens with two attached hydrogens (primary N) is 1. The summed E-state index contributed by atoms with van der Waals surface area (Å²) in [5.74, 6) is -10.8. The van der Waals surface area contributed by atoms with Crippen LogP contribution in [0.4, 0.5) is 0 Å². The fraction of sp³-hybridized carbons (Fsp3) is 0.400. The van der Waals surface area contributed by atoms with Crippen molar-refractivity contribution in [2.75, 3.05) is 14.1 Å². The lowest BCUT2D eigenvalue weighted by Crippen LogP contribution is -2.76. The maximum absolute atomic E-state index is 14.1. The van der Waals surface area contributed by atoms with Crippen LogP contribution in [-0.4, -0.2) is 91.8 Å². The summed E-state index contributed by atoms with van der Waals surface area (Å²) >= 11 is 0. The summed E-state index contributed by atoms with van der Waals surface area (Å²) < 4.78 is 0. The van der Waals surface area contributed by atoms with Gasteiger partial charge in [0.05, 0.1) is 17.8 Å². The molecule has 0 heterocycles. The molecule has 3 aliphatic carbocycles. The number of benzene rings is 2. The van der Waals surface area contributed by atoms with Crippen molar-refractivity contribution in [1.29, 1.82) is 0 Å². The first-order chi connectivity index (χ1) is 19.7. The van der Waals surface area contributed by atoms with Gasteiger partial charge in [-0.3, -0.25) is 19.2 Å². The number of likely N-dealkylation sites (N-methyl/N-ethyl adjacent to an activating group) is 1. The molecule has 2 aromatic carbocycles. The first kappa shape index (κ1) is 29.4. The Hall–Kier alpha value is -4.10. The quantitative estimate of drug-likeness (QED) is 0.228. The highest BCUT2D eigenvalue weighted by Gasteiger charge is 2.71. The van der Waals surface area contributed by atoms with Crippen molar-refractivity contribution >= 4 is 29.1 Å². The van der Waals surface area contributed by atoms with Crippen LogP contribution < -0.4 is 11.1 Å². The Bertz CT molecular complexity index is 1520. The fourth-order valence-electron chi connectivity index (χ4n) is 7.03. The maximum atomic E-state index is 14.1. The van der Waals surface area contributed by atoms with E-state index in [0.717, 1.165) is 0 Å². The van der Waals surface area contributed by atoms with Crippen molar-refractivity contribution in [3.05, 3.63) is 70.3 Å². The number of nitrogens with zero attached hydrogens (tertiary/aromatic N) is 1. The molecular formula is C30H33N3O9. The number of hydrogen-bond donors (Lipinski definition) is 7. The molecule has 5 rings (SSSR count). The van der Waals surface area contributed by atoms with E-state index in [0.29, 0.717) is 11.1 Å². The Kier molecular flexibility index (Phi) is 7.22. The SMILES string of the molecule is C[C@H]1c2ccc(CNC(=O)c3ccccc3)c(O)c2C(O)=C2C(=O)[C@]3(O)C(=O)C(C(N)=O)C(O)[C@@H](N(C)C)[C@@H]3[C@@H](O)[C@@H]21. The van der Waals surface area contributed by atoms with E-state index in [1.54, 1.807) is 49.4 Å². The normalized spacial score (nSPS) is 32.2. The van der Waals surface area contributed by atoms with Crippen LogP contribution in [0.25, 0.3) is 5.76 Å². The van der Waals surface area contributed by atoms with Crippen molar-refractivity contribution in [1.82, 2.24) is 10.2 Å². The second kappa shape index (κ2) is 10.3. The summed E-state index contributed by atoms with van der Waals surface area (Å²) in [5.41, 5.74) is 2.77. The number of rotatable bonds is 5. The molecule has 0 saturated heterocycles. The Balaban J connectivity index is 1.60. The summed E-state index contributed by atoms with van der Waals surface area (Å²) in [4.78, 5) is 53.7. The molecule has 0 radical (unpaired) electrons. The van der Waals surface area contributed by atoms with Gasteiger partial charge in [-0.05, 0) is 37.7 Å². The van der Waals surface area contributed by atoms with Crippen LogP contribution in [0, 0.1) is 17.8 Å². The number of aromatic hydroxyl groups is 1. The monoisotopic (exact) mass is 579 g/mol. The Labute approximate surface area is 241 Å². The van der Waals surface area contributed by atoms with Crippen LogP contribution in [0.15, 0.2) is 48.0 Å². The summed E-state index contributed by atoms with van der Waals surface area (Å²) in [6.45, 7) is 1.53. The topological polar surface area (TPSA) is 211 Å². The summed E-state index contributed by atoms with van der Waals surface area (Å²) in [7, 11) is 3.00. The Morgan fingerprint density at radius 1 is 1.02 bits per heavy atom. The van der Waals surface area contributed by atoms with E-state index >= 15 is 0 Å². The molecule has 3 aliphatic rings. The van der Waals surface area contributed by atoms with Gasteiger partial charge < -0.3 is 41.5 Å². The Morgan fingerprint density at radius 2 is 1.67 bits per heavy atom. The minimum Gasteiger partial charge on any atom is -0.507 e. The molecule has 12 nitrogen and oxygen atoms in total. The van der Waals surface area contributed by atoms with Crippen LogP contribution >= 0.6 is 0 Å². The molecule has 2 saturated carbocycles. The number of aliphatic hydroxyl groups is 4. The van der Waals surface area contributed by atoms with Crippen LogP contribution in [0.1, 0.15) is 39.9 Å². The standard InChI is InChI=1S/C30H33N3O9/c1-12-15-10-9-14(11-32-29(41)13-7-5-4-6-8-13)22(34)17(15)23(35)18-16(12)24(36)20-21(33(2)3)25(37)19(28(31)40)27(39)30(20,42)26(18)38/h4-10,12,16,19-21,24-25,34-37,42H,11H2,1-3H3,(H2,31,40)(H,32,41)/t12-,16+,19?,20+,21-,24-,25?,30-/m0/s1. The number of carbonyl (C=O) groups excluding carboxylic acids is 4. The van der Waals surface area contributed by atoms with E-state index in [1.165, 1.54) is 19.0 Å². The van der Waals surface area contributed by atoms with Crippen molar-refractivity contribution in [2.45, 2.75) is 43.2 Å². The third-order valence-corrected chi connectivity index (χ3v) is 9.05. The van der Waals surface area contributed by atoms with Crippen LogP contribution in [0.3, 0.4) is 0 Å². The molecule has 8 atom stereocenters. The van der Waals surface area contributed by atoms with E-state index < -0.39 is 88.0 Å². The average molecular weight is 580 g/mol. The van der Waals surface area contributed by atoms with E-state index in [4.69, 9.17) is 5.73 Å². The molecule has 2 fully saturated rings. The molecule has 42 heavy (non-hydrogen) atoms. The second-order valence-corrected chi connectivity index (χ2v) is 11.5. The number of amides is 2. The van der Waals surface area contributed by atoms with Crippen LogP contribution in [-0.2, 0) is 20.9 Å². The molecule has 8 N–H and O–H groups in total. The fourth-order valence-corrected chi connectivity index (χ4v) is 7.03. The highest BCUT2D eigenvalue weighted by molar-refractivity contribution is 6.25. The van der Waals surface area contributed by atoms with Crippen LogP contribution in [0.5, 0.6) is 5.75 Å². The first-order valence-electron chi connectivity index (χ1n) is 13.5. The Morgan fingerprint density at radius 3 is 2.26 bits per heavy atom. The number of aliphatic hydroxyl groups excluding tert-OH is 3. The number of nitrogens with one attached hydrogen (secondary N) is 1. The molecule has 2 unspecified atom stereocenters. The van der Waals surface area contributed by atoms with Gasteiger partial charge in [-0.2, -0.15) is 0 Å². The van der Waals surface area contributed by atoms with Gasteiger partial charge in [0.2, 0.25) is 11.7 Å². The van der Waals surface area contributed by atoms with E-state index in [2.05, 4.69) is 5.32 Å². The minimum absolute atomic E-state index is 0.128. The van der Waals surface area contributed by atoms with Crippen molar-refractivity contribution in [2.24, 2.45) is 23.5 Å². The molecular weight excluding hydrogens is 546 g/mol. The third-order valence-electron chi connectivity index (χ3n) is 9.05. The van der Waals surface area contributed by atoms with Crippen molar-refractivity contribution in [3.8, 4) is 5.75 Å². The number of phenolic OH excluding ortho intramolecular Hbond substituents is 1. The zero-order valence-electron chi connectivity index (χ0n) is 23.2. The number of hydrogen-bond acceptors (Lipinski definition) is 10. The second-order valence-electron chi connectivity index (χ2n) is 11.5. The van der Waals surface area contributed by atoms with Gasteiger partial charge in [0, 0.05) is 41.1 Å². The number of primary amides is 1. The zero-order valence-corrected chi connectivity index (χ0v) is 23.2. The van der Waals surface area contributed by atoms with E-state index in [1.807, 2.05) is 0 Å². The molecule has 2 amide bonds. The van der Waals surface area contributed by atoms with E-state index in [-0.39, 0.29) is 17.7 Å². The molecule has 2 aromatic rings. The largest absolute Gasteiger partial charge is 0.507 e. The minimum atomic E-state index is -3.00. The van der Waals surface area contributed by atoms with E-state index in [9.17, 15) is 44.7 Å². The summed E-state index contributed by atoms with van der Waals surface area (Å²) in [6.07, 6.45) is -3.36.